The highest BCUT2D eigenvalue weighted by atomic mass is 35.5. The van der Waals surface area contributed by atoms with Crippen molar-refractivity contribution in [1.82, 2.24) is 0 Å². The summed E-state index contributed by atoms with van der Waals surface area (Å²) in [6.07, 6.45) is 0.112. The highest BCUT2D eigenvalue weighted by molar-refractivity contribution is 6.32. The lowest BCUT2D eigenvalue weighted by Gasteiger charge is -2.22. The van der Waals surface area contributed by atoms with Crippen molar-refractivity contribution in [2.75, 3.05) is 13.2 Å². The average Bonchev–Trinajstić information content (AvgIpc) is 2.51. The van der Waals surface area contributed by atoms with Gasteiger partial charge in [0.1, 0.15) is 18.5 Å². The maximum absolute atomic E-state index is 11.3. The van der Waals surface area contributed by atoms with Gasteiger partial charge in [0.15, 0.2) is 0 Å². The number of rotatable bonds is 9. The molecule has 23 heavy (non-hydrogen) atoms. The van der Waals surface area contributed by atoms with E-state index in [0.717, 1.165) is 5.56 Å². The Kier molecular flexibility index (Phi) is 8.37. The number of hydrogen-bond donors (Lipinski definition) is 2. The van der Waals surface area contributed by atoms with Gasteiger partial charge in [-0.15, -0.1) is 0 Å². The normalized spacial score (nSPS) is 13.7. The molecule has 0 bridgehead atoms. The zero-order chi connectivity index (χ0) is 17.4. The third-order valence-electron chi connectivity index (χ3n) is 3.54. The Morgan fingerprint density at radius 2 is 2.09 bits per heavy atom. The van der Waals surface area contributed by atoms with E-state index in [4.69, 9.17) is 26.8 Å². The van der Waals surface area contributed by atoms with Crippen molar-refractivity contribution in [1.29, 1.82) is 0 Å². The molecule has 0 aromatic heterocycles. The van der Waals surface area contributed by atoms with E-state index in [1.54, 1.807) is 19.1 Å². The number of nitrogens with two attached hydrogens (primary N) is 1. The molecule has 5 nitrogen and oxygen atoms in total. The molecule has 0 heterocycles. The number of aryl methyl sites for hydroxylation is 1. The second-order valence-corrected chi connectivity index (χ2v) is 6.18. The molecule has 1 aromatic carbocycles. The van der Waals surface area contributed by atoms with E-state index in [1.165, 1.54) is 0 Å². The first-order valence-corrected chi connectivity index (χ1v) is 8.23. The summed E-state index contributed by atoms with van der Waals surface area (Å²) < 4.78 is 10.4. The predicted octanol–water partition coefficient (Wildman–Crippen LogP) is 2.56. The van der Waals surface area contributed by atoms with Crippen LogP contribution in [0.15, 0.2) is 18.2 Å². The van der Waals surface area contributed by atoms with E-state index in [9.17, 15) is 9.90 Å². The number of hydrogen-bond acceptors (Lipinski definition) is 5. The quantitative estimate of drug-likeness (QED) is 0.673. The van der Waals surface area contributed by atoms with Crippen LogP contribution in [-0.4, -0.2) is 36.4 Å². The van der Waals surface area contributed by atoms with Crippen molar-refractivity contribution in [3.05, 3.63) is 28.8 Å². The Labute approximate surface area is 142 Å². The molecule has 0 aliphatic heterocycles. The van der Waals surface area contributed by atoms with Gasteiger partial charge >= 0.3 is 5.97 Å². The van der Waals surface area contributed by atoms with Crippen LogP contribution in [0.25, 0.3) is 0 Å². The van der Waals surface area contributed by atoms with Crippen LogP contribution in [0.3, 0.4) is 0 Å². The Bertz CT molecular complexity index is 507. The van der Waals surface area contributed by atoms with Gasteiger partial charge in [-0.2, -0.15) is 0 Å². The highest BCUT2D eigenvalue weighted by Gasteiger charge is 2.19. The van der Waals surface area contributed by atoms with E-state index in [1.807, 2.05) is 19.9 Å². The second kappa shape index (κ2) is 9.75. The van der Waals surface area contributed by atoms with Gasteiger partial charge in [-0.1, -0.05) is 31.5 Å². The van der Waals surface area contributed by atoms with Gasteiger partial charge in [-0.05, 0) is 37.0 Å². The van der Waals surface area contributed by atoms with Crippen molar-refractivity contribution in [3.63, 3.8) is 0 Å². The number of ether oxygens (including phenoxy) is 2. The molecule has 0 saturated heterocycles. The first kappa shape index (κ1) is 19.7. The van der Waals surface area contributed by atoms with Crippen LogP contribution in [0.4, 0.5) is 0 Å². The topological polar surface area (TPSA) is 81.8 Å². The summed E-state index contributed by atoms with van der Waals surface area (Å²) in [5, 5.41) is 10.4. The molecular formula is C17H26ClNO4. The van der Waals surface area contributed by atoms with Crippen LogP contribution >= 0.6 is 11.6 Å². The van der Waals surface area contributed by atoms with Gasteiger partial charge in [0.25, 0.3) is 0 Å². The summed E-state index contributed by atoms with van der Waals surface area (Å²) >= 11 is 6.18. The molecular weight excluding hydrogens is 318 g/mol. The van der Waals surface area contributed by atoms with Crippen molar-refractivity contribution < 1.29 is 19.4 Å². The molecule has 0 aliphatic rings. The Balaban J connectivity index is 2.54. The van der Waals surface area contributed by atoms with Gasteiger partial charge < -0.3 is 20.3 Å². The molecule has 2 unspecified atom stereocenters. The van der Waals surface area contributed by atoms with Crippen LogP contribution in [0.2, 0.25) is 5.02 Å². The van der Waals surface area contributed by atoms with E-state index >= 15 is 0 Å². The molecule has 6 heteroatoms. The largest absolute Gasteiger partial charge is 0.489 e. The molecule has 1 rings (SSSR count). The van der Waals surface area contributed by atoms with E-state index in [2.05, 4.69) is 0 Å². The smallest absolute Gasteiger partial charge is 0.306 e. The predicted molar refractivity (Wildman–Crippen MR) is 90.7 cm³/mol. The lowest BCUT2D eigenvalue weighted by Crippen LogP contribution is -2.42. The maximum atomic E-state index is 11.3. The van der Waals surface area contributed by atoms with Gasteiger partial charge in [0, 0.05) is 12.5 Å². The zero-order valence-electron chi connectivity index (χ0n) is 13.9. The second-order valence-electron chi connectivity index (χ2n) is 5.77. The molecule has 0 fully saturated rings. The van der Waals surface area contributed by atoms with Crippen LogP contribution in [0.5, 0.6) is 5.75 Å². The maximum Gasteiger partial charge on any atom is 0.306 e. The highest BCUT2D eigenvalue weighted by Crippen LogP contribution is 2.26. The van der Waals surface area contributed by atoms with Crippen LogP contribution in [0, 0.1) is 5.92 Å². The fourth-order valence-electron chi connectivity index (χ4n) is 2.03. The van der Waals surface area contributed by atoms with Gasteiger partial charge in [0.05, 0.1) is 11.6 Å². The fourth-order valence-corrected chi connectivity index (χ4v) is 2.28. The van der Waals surface area contributed by atoms with E-state index in [-0.39, 0.29) is 24.5 Å². The molecule has 0 spiro atoms. The first-order chi connectivity index (χ1) is 10.8. The number of aliphatic hydroxyl groups is 1. The fraction of sp³-hybridized carbons (Fsp3) is 0.588. The number of esters is 1. The minimum Gasteiger partial charge on any atom is -0.489 e. The lowest BCUT2D eigenvalue weighted by molar-refractivity contribution is -0.143. The summed E-state index contributed by atoms with van der Waals surface area (Å²) in [5.74, 6) is 0.422. The first-order valence-electron chi connectivity index (χ1n) is 7.85. The average molecular weight is 344 g/mol. The van der Waals surface area contributed by atoms with Crippen molar-refractivity contribution in [2.45, 2.75) is 45.8 Å². The Morgan fingerprint density at radius 3 is 2.65 bits per heavy atom. The van der Waals surface area contributed by atoms with Crippen LogP contribution < -0.4 is 10.5 Å². The molecule has 1 aromatic rings. The summed E-state index contributed by atoms with van der Waals surface area (Å²) in [5.41, 5.74) is 6.80. The van der Waals surface area contributed by atoms with E-state index in [0.29, 0.717) is 30.2 Å². The SMILES string of the molecule is CCOC(=O)CCc1ccc(OCC(O)C(N)C(C)C)c(Cl)c1. The third-order valence-corrected chi connectivity index (χ3v) is 3.84. The molecule has 0 saturated carbocycles. The zero-order valence-corrected chi connectivity index (χ0v) is 14.7. The van der Waals surface area contributed by atoms with Crippen molar-refractivity contribution in [3.8, 4) is 5.75 Å². The van der Waals surface area contributed by atoms with Gasteiger partial charge in [-0.25, -0.2) is 0 Å². The molecule has 0 radical (unpaired) electrons. The number of carbonyl (C=O) groups is 1. The number of carbonyl (C=O) groups excluding carboxylic acids is 1. The van der Waals surface area contributed by atoms with Crippen LogP contribution in [-0.2, 0) is 16.0 Å². The van der Waals surface area contributed by atoms with Crippen LogP contribution in [0.1, 0.15) is 32.8 Å². The van der Waals surface area contributed by atoms with Crippen molar-refractivity contribution in [2.24, 2.45) is 11.7 Å². The molecule has 3 N–H and O–H groups in total. The number of halogens is 1. The molecule has 2 atom stereocenters. The molecule has 0 aliphatic carbocycles. The summed E-state index contributed by atoms with van der Waals surface area (Å²) in [4.78, 5) is 11.3. The minimum atomic E-state index is -0.755. The number of benzene rings is 1. The summed E-state index contributed by atoms with van der Waals surface area (Å²) in [6.45, 7) is 6.13. The Morgan fingerprint density at radius 1 is 1.39 bits per heavy atom. The van der Waals surface area contributed by atoms with Gasteiger partial charge in [0.2, 0.25) is 0 Å². The standard InChI is InChI=1S/C17H26ClNO4/c1-4-22-16(21)8-6-12-5-7-15(13(18)9-12)23-10-14(20)17(19)11(2)3/h5,7,9,11,14,17,20H,4,6,8,10,19H2,1-3H3. The molecule has 0 amide bonds. The third kappa shape index (κ3) is 6.77. The monoisotopic (exact) mass is 343 g/mol. The number of aliphatic hydroxyl groups excluding tert-OH is 1. The molecule has 130 valence electrons. The lowest BCUT2D eigenvalue weighted by atomic mass is 10.0. The van der Waals surface area contributed by atoms with E-state index < -0.39 is 6.10 Å². The van der Waals surface area contributed by atoms with Crippen molar-refractivity contribution >= 4 is 17.6 Å². The summed E-state index contributed by atoms with van der Waals surface area (Å²) in [6, 6.07) is 4.98. The minimum absolute atomic E-state index is 0.0846. The Hall–Kier alpha value is -1.30. The van der Waals surface area contributed by atoms with Gasteiger partial charge in [-0.3, -0.25) is 4.79 Å². The summed E-state index contributed by atoms with van der Waals surface area (Å²) in [7, 11) is 0.